The summed E-state index contributed by atoms with van der Waals surface area (Å²) < 4.78 is 24.7. The van der Waals surface area contributed by atoms with Gasteiger partial charge in [0.05, 0.1) is 29.8 Å². The van der Waals surface area contributed by atoms with Crippen LogP contribution in [0, 0.1) is 0 Å². The fraction of sp³-hybridized carbons (Fsp3) is 0.750. The van der Waals surface area contributed by atoms with Crippen LogP contribution in [-0.2, 0) is 10.0 Å². The number of anilines is 3. The van der Waals surface area contributed by atoms with Gasteiger partial charge in [-0.1, -0.05) is 0 Å². The van der Waals surface area contributed by atoms with Crippen molar-refractivity contribution in [2.24, 2.45) is 0 Å². The molecule has 1 saturated carbocycles. The van der Waals surface area contributed by atoms with Crippen molar-refractivity contribution in [1.29, 1.82) is 0 Å². The summed E-state index contributed by atoms with van der Waals surface area (Å²) in [5.74, 6) is 0.973. The molecule has 1 aromatic heterocycles. The molecule has 2 atom stereocenters. The summed E-state index contributed by atoms with van der Waals surface area (Å²) >= 11 is 0. The van der Waals surface area contributed by atoms with Gasteiger partial charge in [0.15, 0.2) is 5.82 Å². The second kappa shape index (κ2) is 7.16. The number of nitrogens with zero attached hydrogens (tertiary/aromatic N) is 3. The van der Waals surface area contributed by atoms with Crippen molar-refractivity contribution in [2.75, 3.05) is 35.7 Å². The first kappa shape index (κ1) is 19.1. The van der Waals surface area contributed by atoms with Crippen LogP contribution in [0.15, 0.2) is 6.20 Å². The van der Waals surface area contributed by atoms with Crippen LogP contribution in [0.1, 0.15) is 39.0 Å². The van der Waals surface area contributed by atoms with Gasteiger partial charge >= 0.3 is 0 Å². The van der Waals surface area contributed by atoms with Crippen molar-refractivity contribution in [1.82, 2.24) is 14.3 Å². The molecule has 1 aliphatic heterocycles. The number of hydrogen-bond acceptors (Lipinski definition) is 8. The average Bonchev–Trinajstić information content (AvgIpc) is 2.89. The van der Waals surface area contributed by atoms with Crippen LogP contribution < -0.4 is 16.4 Å². The molecule has 9 nitrogen and oxygen atoms in total. The monoisotopic (exact) mass is 384 g/mol. The van der Waals surface area contributed by atoms with E-state index in [0.29, 0.717) is 43.4 Å². The Bertz CT molecular complexity index is 746. The molecule has 1 aromatic rings. The molecule has 1 saturated heterocycles. The predicted octanol–water partition coefficient (Wildman–Crippen LogP) is 0.610. The molecular weight excluding hydrogens is 356 g/mol. The number of nitrogen functional groups attached to an aromatic ring is 1. The van der Waals surface area contributed by atoms with Crippen molar-refractivity contribution in [3.8, 4) is 0 Å². The minimum Gasteiger partial charge on any atom is -0.394 e. The second-order valence-electron chi connectivity index (χ2n) is 7.52. The van der Waals surface area contributed by atoms with Gasteiger partial charge in [-0.3, -0.25) is 0 Å². The molecular formula is C16H28N6O3S. The molecule has 0 amide bonds. The fourth-order valence-corrected chi connectivity index (χ4v) is 4.51. The summed E-state index contributed by atoms with van der Waals surface area (Å²) in [5.41, 5.74) is 5.65. The molecule has 0 bridgehead atoms. The van der Waals surface area contributed by atoms with E-state index in [1.165, 1.54) is 10.6 Å². The maximum Gasteiger partial charge on any atom is 0.224 e. The van der Waals surface area contributed by atoms with Crippen molar-refractivity contribution in [3.05, 3.63) is 6.20 Å². The molecule has 5 N–H and O–H groups in total. The van der Waals surface area contributed by atoms with Gasteiger partial charge in [-0.15, -0.1) is 0 Å². The minimum atomic E-state index is -3.13. The van der Waals surface area contributed by atoms with Crippen LogP contribution in [0.5, 0.6) is 0 Å². The van der Waals surface area contributed by atoms with Gasteiger partial charge in [-0.25, -0.2) is 17.7 Å². The van der Waals surface area contributed by atoms with E-state index in [9.17, 15) is 13.5 Å². The van der Waals surface area contributed by atoms with Crippen LogP contribution in [0.25, 0.3) is 0 Å². The van der Waals surface area contributed by atoms with Crippen molar-refractivity contribution in [2.45, 2.75) is 56.7 Å². The molecule has 3 rings (SSSR count). The zero-order chi connectivity index (χ0) is 18.9. The third kappa shape index (κ3) is 4.36. The molecule has 2 fully saturated rings. The van der Waals surface area contributed by atoms with Gasteiger partial charge in [0, 0.05) is 19.1 Å². The summed E-state index contributed by atoms with van der Waals surface area (Å²) in [6.07, 6.45) is 6.75. The number of aliphatic hydroxyl groups is 1. The van der Waals surface area contributed by atoms with Gasteiger partial charge in [0.25, 0.3) is 0 Å². The number of nitrogens with two attached hydrogens (primary N) is 1. The van der Waals surface area contributed by atoms with Crippen LogP contribution >= 0.6 is 0 Å². The van der Waals surface area contributed by atoms with Crippen LogP contribution in [0.3, 0.4) is 0 Å². The molecule has 0 spiro atoms. The average molecular weight is 385 g/mol. The number of hydrogen-bond donors (Lipinski definition) is 4. The zero-order valence-electron chi connectivity index (χ0n) is 15.3. The third-order valence-corrected chi connectivity index (χ3v) is 6.61. The molecule has 0 aromatic carbocycles. The highest BCUT2D eigenvalue weighted by Gasteiger charge is 2.37. The SMILES string of the molecule is C[C@@]1(O)CCC[C@H]1Nc1nc(NC2CCN(S(C)(=O)=O)CC2)ncc1N. The van der Waals surface area contributed by atoms with E-state index >= 15 is 0 Å². The fourth-order valence-electron chi connectivity index (χ4n) is 3.63. The summed E-state index contributed by atoms with van der Waals surface area (Å²) in [7, 11) is -3.13. The highest BCUT2D eigenvalue weighted by Crippen LogP contribution is 2.32. The maximum atomic E-state index is 11.6. The van der Waals surface area contributed by atoms with E-state index in [1.807, 2.05) is 6.92 Å². The molecule has 0 unspecified atom stereocenters. The normalized spacial score (nSPS) is 28.2. The highest BCUT2D eigenvalue weighted by molar-refractivity contribution is 7.88. The van der Waals surface area contributed by atoms with E-state index in [1.54, 1.807) is 6.20 Å². The van der Waals surface area contributed by atoms with Crippen LogP contribution in [0.4, 0.5) is 17.5 Å². The zero-order valence-corrected chi connectivity index (χ0v) is 16.1. The van der Waals surface area contributed by atoms with Crippen molar-refractivity contribution in [3.63, 3.8) is 0 Å². The molecule has 10 heteroatoms. The lowest BCUT2D eigenvalue weighted by molar-refractivity contribution is 0.0577. The summed E-state index contributed by atoms with van der Waals surface area (Å²) in [6, 6.07) is 0.0182. The highest BCUT2D eigenvalue weighted by atomic mass is 32.2. The Morgan fingerprint density at radius 1 is 1.31 bits per heavy atom. The van der Waals surface area contributed by atoms with Crippen molar-refractivity contribution < 1.29 is 13.5 Å². The van der Waals surface area contributed by atoms with E-state index < -0.39 is 15.6 Å². The Balaban J connectivity index is 1.63. The molecule has 146 valence electrons. The lowest BCUT2D eigenvalue weighted by Crippen LogP contribution is -2.42. The Kier molecular flexibility index (Phi) is 5.27. The lowest BCUT2D eigenvalue weighted by atomic mass is 10.0. The second-order valence-corrected chi connectivity index (χ2v) is 9.51. The number of nitrogens with one attached hydrogen (secondary N) is 2. The molecule has 0 radical (unpaired) electrons. The third-order valence-electron chi connectivity index (χ3n) is 5.31. The van der Waals surface area contributed by atoms with Gasteiger partial charge in [0.1, 0.15) is 0 Å². The number of piperidine rings is 1. The summed E-state index contributed by atoms with van der Waals surface area (Å²) in [4.78, 5) is 8.69. The Labute approximate surface area is 154 Å². The first-order valence-corrected chi connectivity index (χ1v) is 10.8. The first-order valence-electron chi connectivity index (χ1n) is 8.98. The molecule has 1 aliphatic carbocycles. The largest absolute Gasteiger partial charge is 0.394 e. The lowest BCUT2D eigenvalue weighted by Gasteiger charge is -2.31. The standard InChI is InChI=1S/C16H28N6O3S/c1-16(23)7-3-4-13(16)20-14-12(17)10-18-15(21-14)19-11-5-8-22(9-6-11)26(2,24)25/h10-11,13,23H,3-9,17H2,1-2H3,(H2,18,19,20,21)/t13-,16-/m1/s1. The quantitative estimate of drug-likeness (QED) is 0.580. The van der Waals surface area contributed by atoms with Gasteiger partial charge in [0.2, 0.25) is 16.0 Å². The molecule has 26 heavy (non-hydrogen) atoms. The molecule has 2 aliphatic rings. The van der Waals surface area contributed by atoms with Gasteiger partial charge in [-0.05, 0) is 39.0 Å². The summed E-state index contributed by atoms with van der Waals surface area (Å²) in [5, 5.41) is 16.9. The first-order chi connectivity index (χ1) is 12.1. The molecule has 2 heterocycles. The van der Waals surface area contributed by atoms with E-state index in [0.717, 1.165) is 19.3 Å². The van der Waals surface area contributed by atoms with E-state index in [2.05, 4.69) is 20.6 Å². The Morgan fingerprint density at radius 2 is 2.00 bits per heavy atom. The van der Waals surface area contributed by atoms with Gasteiger partial charge < -0.3 is 21.5 Å². The predicted molar refractivity (Wildman–Crippen MR) is 101 cm³/mol. The minimum absolute atomic E-state index is 0.0921. The van der Waals surface area contributed by atoms with Gasteiger partial charge in [-0.2, -0.15) is 4.98 Å². The smallest absolute Gasteiger partial charge is 0.224 e. The topological polar surface area (TPSA) is 133 Å². The van der Waals surface area contributed by atoms with E-state index in [4.69, 9.17) is 5.73 Å². The maximum absolute atomic E-state index is 11.6. The number of sulfonamides is 1. The van der Waals surface area contributed by atoms with Crippen LogP contribution in [0.2, 0.25) is 0 Å². The number of rotatable bonds is 5. The van der Waals surface area contributed by atoms with Crippen molar-refractivity contribution >= 4 is 27.5 Å². The summed E-state index contributed by atoms with van der Waals surface area (Å²) in [6.45, 7) is 2.80. The van der Waals surface area contributed by atoms with E-state index in [-0.39, 0.29) is 12.1 Å². The number of aromatic nitrogens is 2. The Morgan fingerprint density at radius 3 is 2.58 bits per heavy atom. The Hall–Kier alpha value is -1.65. The van der Waals surface area contributed by atoms with Crippen LogP contribution in [-0.4, -0.2) is 64.8 Å².